The average molecular weight is 692 g/mol. The quantitative estimate of drug-likeness (QED) is 0.166. The standard InChI is InChI=1S/C31H34F5N9O4/c1-2-21-41-42-22(47-21)12-29(11-19(31(34,35)36)39-28(29)46)10-15-9-20-38-18(14-45(20)37-13-15)23(17-5-7-30(32,33)8-6-17)40-27-26(48-27)25-24(16-3-4-16)43-49-44-25/h9,13-14,16-17,19,23,26-27,40H,2-8,10-12H2,1H3,(H,39,46)/t19-,23-,26?,27?,29-/m0/s1. The number of carbonyl (C=O) groups excluding carboxylic acids is 1. The van der Waals surface area contributed by atoms with Gasteiger partial charge in [0, 0.05) is 31.6 Å². The summed E-state index contributed by atoms with van der Waals surface area (Å²) in [6, 6.07) is -0.825. The number of rotatable bonds is 11. The van der Waals surface area contributed by atoms with Gasteiger partial charge in [-0.05, 0) is 56.1 Å². The Hall–Kier alpha value is -4.06. The Labute approximate surface area is 275 Å². The van der Waals surface area contributed by atoms with Crippen molar-refractivity contribution in [2.75, 3.05) is 0 Å². The molecule has 0 bridgehead atoms. The number of alkyl halides is 5. The first-order valence-electron chi connectivity index (χ1n) is 16.5. The Morgan fingerprint density at radius 3 is 2.53 bits per heavy atom. The number of ether oxygens (including phenoxy) is 1. The lowest BCUT2D eigenvalue weighted by Gasteiger charge is -2.33. The number of hydrogen-bond donors (Lipinski definition) is 2. The van der Waals surface area contributed by atoms with Crippen molar-refractivity contribution in [3.05, 3.63) is 52.9 Å². The van der Waals surface area contributed by atoms with Crippen molar-refractivity contribution in [1.82, 2.24) is 45.7 Å². The van der Waals surface area contributed by atoms with Crippen LogP contribution in [-0.2, 0) is 28.8 Å². The number of nitrogens with one attached hydrogen (secondary N) is 2. The minimum Gasteiger partial charge on any atom is -0.425 e. The summed E-state index contributed by atoms with van der Waals surface area (Å²) in [7, 11) is 0. The van der Waals surface area contributed by atoms with E-state index < -0.39 is 54.3 Å². The molecule has 8 rings (SSSR count). The molecule has 2 aliphatic carbocycles. The highest BCUT2D eigenvalue weighted by molar-refractivity contribution is 5.86. The molecule has 0 radical (unpaired) electrons. The molecule has 6 heterocycles. The van der Waals surface area contributed by atoms with Crippen LogP contribution in [0.25, 0.3) is 5.65 Å². The number of aryl methyl sites for hydroxylation is 1. The maximum atomic E-state index is 14.2. The molecule has 2 saturated heterocycles. The van der Waals surface area contributed by atoms with Gasteiger partial charge in [-0.25, -0.2) is 22.9 Å². The van der Waals surface area contributed by atoms with Gasteiger partial charge in [0.05, 0.1) is 29.5 Å². The lowest BCUT2D eigenvalue weighted by Crippen LogP contribution is -2.39. The van der Waals surface area contributed by atoms with E-state index in [1.54, 1.807) is 19.2 Å². The molecule has 2 saturated carbocycles. The zero-order valence-corrected chi connectivity index (χ0v) is 26.4. The summed E-state index contributed by atoms with van der Waals surface area (Å²) in [4.78, 5) is 18.1. The van der Waals surface area contributed by atoms with Crippen LogP contribution in [0.4, 0.5) is 22.0 Å². The highest BCUT2D eigenvalue weighted by Crippen LogP contribution is 2.48. The third kappa shape index (κ3) is 6.39. The van der Waals surface area contributed by atoms with E-state index in [2.05, 4.69) is 36.2 Å². The van der Waals surface area contributed by atoms with E-state index in [9.17, 15) is 26.7 Å². The third-order valence-electron chi connectivity index (χ3n) is 10.2. The Balaban J connectivity index is 1.06. The minimum absolute atomic E-state index is 0.0742. The average Bonchev–Trinajstić information content (AvgIpc) is 3.81. The van der Waals surface area contributed by atoms with Crippen LogP contribution in [0.15, 0.2) is 27.5 Å². The first-order chi connectivity index (χ1) is 23.4. The Morgan fingerprint density at radius 1 is 1.08 bits per heavy atom. The molecule has 262 valence electrons. The number of fused-ring (bicyclic) bond motifs is 1. The number of aromatic nitrogens is 7. The molecule has 4 aliphatic rings. The van der Waals surface area contributed by atoms with Gasteiger partial charge in [0.25, 0.3) is 0 Å². The highest BCUT2D eigenvalue weighted by atomic mass is 19.4. The molecule has 1 amide bonds. The second-order valence-corrected chi connectivity index (χ2v) is 13.8. The fraction of sp³-hybridized carbons (Fsp3) is 0.645. The van der Waals surface area contributed by atoms with Crippen molar-refractivity contribution in [3.8, 4) is 0 Å². The molecule has 0 aromatic carbocycles. The number of nitrogens with zero attached hydrogens (tertiary/aromatic N) is 7. The minimum atomic E-state index is -4.64. The molecule has 13 nitrogen and oxygen atoms in total. The van der Waals surface area contributed by atoms with E-state index in [0.717, 1.165) is 18.5 Å². The van der Waals surface area contributed by atoms with Crippen LogP contribution < -0.4 is 10.6 Å². The molecule has 49 heavy (non-hydrogen) atoms. The number of imidazole rings is 1. The lowest BCUT2D eigenvalue weighted by molar-refractivity contribution is -0.155. The van der Waals surface area contributed by atoms with Crippen LogP contribution in [0, 0.1) is 11.3 Å². The zero-order chi connectivity index (χ0) is 34.1. The van der Waals surface area contributed by atoms with Crippen LogP contribution in [0.5, 0.6) is 0 Å². The van der Waals surface area contributed by atoms with E-state index in [4.69, 9.17) is 18.8 Å². The summed E-state index contributed by atoms with van der Waals surface area (Å²) in [6.07, 6.45) is -0.605. The van der Waals surface area contributed by atoms with Crippen LogP contribution in [0.2, 0.25) is 0 Å². The molecule has 2 unspecified atom stereocenters. The number of epoxide rings is 1. The number of carbonyl (C=O) groups is 1. The van der Waals surface area contributed by atoms with Gasteiger partial charge >= 0.3 is 6.18 Å². The molecular weight excluding hydrogens is 657 g/mol. The predicted octanol–water partition coefficient (Wildman–Crippen LogP) is 4.71. The molecule has 18 heteroatoms. The fourth-order valence-electron chi connectivity index (χ4n) is 7.30. The van der Waals surface area contributed by atoms with Crippen LogP contribution in [-0.4, -0.2) is 65.4 Å². The van der Waals surface area contributed by atoms with Crippen LogP contribution in [0.3, 0.4) is 0 Å². The topological polar surface area (TPSA) is 162 Å². The molecule has 4 aromatic rings. The Bertz CT molecular complexity index is 1850. The monoisotopic (exact) mass is 691 g/mol. The molecule has 4 fully saturated rings. The second-order valence-electron chi connectivity index (χ2n) is 13.8. The summed E-state index contributed by atoms with van der Waals surface area (Å²) in [5.74, 6) is -2.98. The summed E-state index contributed by atoms with van der Waals surface area (Å²) in [5, 5.41) is 26.0. The molecule has 0 spiro atoms. The molecule has 5 atom stereocenters. The number of hydrogen-bond acceptors (Lipinski definition) is 11. The van der Waals surface area contributed by atoms with Crippen molar-refractivity contribution in [1.29, 1.82) is 0 Å². The third-order valence-corrected chi connectivity index (χ3v) is 10.2. The van der Waals surface area contributed by atoms with Gasteiger partial charge in [-0.3, -0.25) is 10.1 Å². The van der Waals surface area contributed by atoms with Crippen molar-refractivity contribution in [3.63, 3.8) is 0 Å². The van der Waals surface area contributed by atoms with Crippen molar-refractivity contribution in [2.24, 2.45) is 11.3 Å². The number of amides is 1. The maximum Gasteiger partial charge on any atom is 0.408 e. The van der Waals surface area contributed by atoms with Gasteiger partial charge in [-0.15, -0.1) is 10.2 Å². The van der Waals surface area contributed by atoms with Crippen molar-refractivity contribution in [2.45, 2.75) is 114 Å². The second kappa shape index (κ2) is 11.8. The van der Waals surface area contributed by atoms with Crippen molar-refractivity contribution < 1.29 is 40.5 Å². The predicted molar refractivity (Wildman–Crippen MR) is 156 cm³/mol. The van der Waals surface area contributed by atoms with E-state index in [-0.39, 0.29) is 50.3 Å². The molecule has 4 aromatic heterocycles. The zero-order valence-electron chi connectivity index (χ0n) is 26.4. The summed E-state index contributed by atoms with van der Waals surface area (Å²) in [6.45, 7) is 1.80. The van der Waals surface area contributed by atoms with E-state index in [0.29, 0.717) is 40.8 Å². The number of halogens is 5. The van der Waals surface area contributed by atoms with E-state index in [1.807, 2.05) is 0 Å². The van der Waals surface area contributed by atoms with Crippen LogP contribution in [0.1, 0.15) is 104 Å². The summed E-state index contributed by atoms with van der Waals surface area (Å²) >= 11 is 0. The van der Waals surface area contributed by atoms with E-state index >= 15 is 0 Å². The summed E-state index contributed by atoms with van der Waals surface area (Å²) in [5.41, 5.74) is 1.32. The Kier molecular flexibility index (Phi) is 7.73. The lowest BCUT2D eigenvalue weighted by atomic mass is 9.76. The van der Waals surface area contributed by atoms with Crippen LogP contribution >= 0.6 is 0 Å². The van der Waals surface area contributed by atoms with Crippen molar-refractivity contribution >= 4 is 11.6 Å². The summed E-state index contributed by atoms with van der Waals surface area (Å²) < 4.78 is 87.8. The normalized spacial score (nSPS) is 27.9. The highest BCUT2D eigenvalue weighted by Gasteiger charge is 2.56. The fourth-order valence-corrected chi connectivity index (χ4v) is 7.30. The van der Waals surface area contributed by atoms with Gasteiger partial charge in [0.1, 0.15) is 29.8 Å². The van der Waals surface area contributed by atoms with Gasteiger partial charge in [-0.2, -0.15) is 18.3 Å². The van der Waals surface area contributed by atoms with Gasteiger partial charge in [0.2, 0.25) is 23.6 Å². The molecule has 2 aliphatic heterocycles. The first-order valence-corrected chi connectivity index (χ1v) is 16.5. The smallest absolute Gasteiger partial charge is 0.408 e. The first kappa shape index (κ1) is 32.2. The Morgan fingerprint density at radius 2 is 1.84 bits per heavy atom. The largest absolute Gasteiger partial charge is 0.425 e. The van der Waals surface area contributed by atoms with Gasteiger partial charge in [-0.1, -0.05) is 17.2 Å². The van der Waals surface area contributed by atoms with Gasteiger partial charge in [0.15, 0.2) is 5.65 Å². The molecular formula is C31H34F5N9O4. The molecule has 2 N–H and O–H groups in total. The SMILES string of the molecule is CCc1nnc(C[C@]2(Cc3cnn4cc([C@@H](NC5OC5c5nonc5C5CC5)C5CCC(F)(F)CC5)nc4c3)C[C@@H](C(F)(F)F)NC2=O)o1. The van der Waals surface area contributed by atoms with E-state index in [1.165, 1.54) is 10.7 Å². The maximum absolute atomic E-state index is 14.2. The van der Waals surface area contributed by atoms with Gasteiger partial charge < -0.3 is 14.5 Å².